The van der Waals surface area contributed by atoms with Crippen molar-refractivity contribution in [2.75, 3.05) is 7.11 Å². The average molecular weight is 728 g/mol. The van der Waals surface area contributed by atoms with Gasteiger partial charge < -0.3 is 9.30 Å². The molecule has 0 amide bonds. The Morgan fingerprint density at radius 1 is 0.600 bits per heavy atom. The molecule has 3 heteroatoms. The molecule has 0 radical (unpaired) electrons. The van der Waals surface area contributed by atoms with Gasteiger partial charge in [-0.15, -0.1) is 11.3 Å². The van der Waals surface area contributed by atoms with Crippen molar-refractivity contribution in [3.63, 3.8) is 0 Å². The first kappa shape index (κ1) is 33.4. The first-order valence-corrected chi connectivity index (χ1v) is 20.2. The van der Waals surface area contributed by atoms with Crippen LogP contribution >= 0.6 is 11.3 Å². The number of allylic oxidation sites excluding steroid dienone is 4. The molecule has 0 N–H and O–H groups in total. The summed E-state index contributed by atoms with van der Waals surface area (Å²) >= 11 is 1.87. The van der Waals surface area contributed by atoms with Gasteiger partial charge in [0.25, 0.3) is 0 Å². The van der Waals surface area contributed by atoms with E-state index in [0.29, 0.717) is 0 Å². The van der Waals surface area contributed by atoms with E-state index in [4.69, 9.17) is 4.74 Å². The molecule has 2 heterocycles. The van der Waals surface area contributed by atoms with Gasteiger partial charge in [0.15, 0.2) is 0 Å². The van der Waals surface area contributed by atoms with Crippen LogP contribution in [0.25, 0.3) is 58.8 Å². The molecule has 2 atom stereocenters. The number of rotatable bonds is 5. The zero-order chi connectivity index (χ0) is 37.1. The Morgan fingerprint density at radius 2 is 1.35 bits per heavy atom. The van der Waals surface area contributed by atoms with Crippen molar-refractivity contribution < 1.29 is 4.74 Å². The van der Waals surface area contributed by atoms with E-state index in [1.165, 1.54) is 80.9 Å². The van der Waals surface area contributed by atoms with Crippen molar-refractivity contribution in [1.82, 2.24) is 4.57 Å². The van der Waals surface area contributed by atoms with Gasteiger partial charge in [0.05, 0.1) is 23.6 Å². The highest BCUT2D eigenvalue weighted by molar-refractivity contribution is 7.25. The number of hydrogen-bond acceptors (Lipinski definition) is 2. The van der Waals surface area contributed by atoms with E-state index in [-0.39, 0.29) is 5.92 Å². The van der Waals surface area contributed by atoms with Gasteiger partial charge >= 0.3 is 0 Å². The van der Waals surface area contributed by atoms with E-state index in [2.05, 4.69) is 181 Å². The summed E-state index contributed by atoms with van der Waals surface area (Å²) in [5.74, 6) is 1.17. The summed E-state index contributed by atoms with van der Waals surface area (Å²) in [6.45, 7) is 4.00. The molecule has 0 aliphatic heterocycles. The maximum absolute atomic E-state index is 6.18. The highest BCUT2D eigenvalue weighted by atomic mass is 32.1. The molecular formula is C52H41NOS. The molecule has 2 aliphatic carbocycles. The summed E-state index contributed by atoms with van der Waals surface area (Å²) < 4.78 is 11.3. The number of ether oxygens (including phenoxy) is 1. The largest absolute Gasteiger partial charge is 0.496 e. The number of nitrogens with zero attached hydrogens (tertiary/aromatic N) is 1. The van der Waals surface area contributed by atoms with Gasteiger partial charge in [0.2, 0.25) is 0 Å². The fraction of sp³-hybridized carbons (Fsp3) is 0.115. The number of benzene rings is 7. The molecular weight excluding hydrogens is 687 g/mol. The summed E-state index contributed by atoms with van der Waals surface area (Å²) in [6, 6.07) is 58.4. The quantitative estimate of drug-likeness (QED) is 0.172. The minimum absolute atomic E-state index is 0.262. The number of thiophene rings is 1. The SMILES string of the molecule is CC.COc1ccccc1C1(c2ccccc2)C2=CC=CCC2c2cc3c4ccccc4n(-c4cccc(-c5ccc6sc7ccccc7c6c5)c4)c3cc21. The van der Waals surface area contributed by atoms with E-state index >= 15 is 0 Å². The van der Waals surface area contributed by atoms with Crippen LogP contribution < -0.4 is 4.74 Å². The summed E-state index contributed by atoms with van der Waals surface area (Å²) in [5, 5.41) is 5.20. The molecule has 0 spiro atoms. The predicted octanol–water partition coefficient (Wildman–Crippen LogP) is 14.2. The van der Waals surface area contributed by atoms with Crippen molar-refractivity contribution in [2.24, 2.45) is 0 Å². The maximum atomic E-state index is 6.18. The Kier molecular flexibility index (Phi) is 8.08. The smallest absolute Gasteiger partial charge is 0.123 e. The summed E-state index contributed by atoms with van der Waals surface area (Å²) in [5.41, 5.74) is 12.1. The van der Waals surface area contributed by atoms with E-state index < -0.39 is 5.41 Å². The Labute approximate surface area is 326 Å². The van der Waals surface area contributed by atoms with Crippen LogP contribution in [0.5, 0.6) is 5.75 Å². The lowest BCUT2D eigenvalue weighted by molar-refractivity contribution is 0.404. The van der Waals surface area contributed by atoms with E-state index in [1.54, 1.807) is 7.11 Å². The second kappa shape index (κ2) is 13.3. The molecule has 0 saturated carbocycles. The minimum Gasteiger partial charge on any atom is -0.496 e. The van der Waals surface area contributed by atoms with Gasteiger partial charge in [-0.2, -0.15) is 0 Å². The monoisotopic (exact) mass is 727 g/mol. The molecule has 2 aromatic heterocycles. The van der Waals surface area contributed by atoms with Crippen LogP contribution in [0.1, 0.15) is 48.4 Å². The third kappa shape index (κ3) is 4.93. The highest BCUT2D eigenvalue weighted by Crippen LogP contribution is 2.61. The van der Waals surface area contributed by atoms with Gasteiger partial charge in [-0.1, -0.05) is 135 Å². The maximum Gasteiger partial charge on any atom is 0.123 e. The standard InChI is InChI=1S/C50H35NOS.C2H6/c1-52-47-24-11-9-22-43(47)50(34-15-3-2-4-16-34)42-21-8-5-18-36(42)39-30-40-37-19-6-10-23-45(37)51(46(40)31-44(39)50)35-17-13-14-32(28-35)33-26-27-49-41(29-33)38-20-7-12-25-48(38)53-49;1-2/h2-17,19-31,36H,18H2,1H3;1-2H3. The zero-order valence-electron chi connectivity index (χ0n) is 31.3. The molecule has 2 nitrogen and oxygen atoms in total. The second-order valence-electron chi connectivity index (χ2n) is 14.3. The van der Waals surface area contributed by atoms with Crippen molar-refractivity contribution in [3.05, 3.63) is 204 Å². The molecule has 7 aromatic carbocycles. The molecule has 9 aromatic rings. The lowest BCUT2D eigenvalue weighted by Gasteiger charge is -2.36. The van der Waals surface area contributed by atoms with Gasteiger partial charge in [-0.3, -0.25) is 0 Å². The van der Waals surface area contributed by atoms with Crippen LogP contribution in [0.4, 0.5) is 0 Å². The highest BCUT2D eigenvalue weighted by Gasteiger charge is 2.52. The Hall–Kier alpha value is -6.16. The third-order valence-corrected chi connectivity index (χ3v) is 12.9. The Balaban J connectivity index is 0.00000183. The van der Waals surface area contributed by atoms with Gasteiger partial charge in [-0.05, 0) is 94.4 Å². The summed E-state index contributed by atoms with van der Waals surface area (Å²) in [4.78, 5) is 0. The molecule has 55 heavy (non-hydrogen) atoms. The van der Waals surface area contributed by atoms with E-state index in [9.17, 15) is 0 Å². The molecule has 266 valence electrons. The fourth-order valence-corrected chi connectivity index (χ4v) is 10.6. The van der Waals surface area contributed by atoms with Crippen LogP contribution in [0.15, 0.2) is 182 Å². The van der Waals surface area contributed by atoms with E-state index in [0.717, 1.165) is 17.9 Å². The van der Waals surface area contributed by atoms with E-state index in [1.807, 2.05) is 25.2 Å². The molecule has 0 bridgehead atoms. The number of aromatic nitrogens is 1. The van der Waals surface area contributed by atoms with Gasteiger partial charge in [0, 0.05) is 48.1 Å². The Bertz CT molecular complexity index is 2980. The second-order valence-corrected chi connectivity index (χ2v) is 15.4. The minimum atomic E-state index is -0.519. The lowest BCUT2D eigenvalue weighted by Crippen LogP contribution is -2.30. The van der Waals surface area contributed by atoms with Crippen molar-refractivity contribution >= 4 is 53.3 Å². The average Bonchev–Trinajstić information content (AvgIpc) is 3.89. The van der Waals surface area contributed by atoms with Crippen molar-refractivity contribution in [2.45, 2.75) is 31.6 Å². The molecule has 0 saturated heterocycles. The number of hydrogen-bond donors (Lipinski definition) is 0. The normalized spacial score (nSPS) is 17.2. The van der Waals surface area contributed by atoms with Crippen LogP contribution in [-0.2, 0) is 5.41 Å². The number of methoxy groups -OCH3 is 1. The van der Waals surface area contributed by atoms with Gasteiger partial charge in [-0.25, -0.2) is 0 Å². The van der Waals surface area contributed by atoms with Crippen LogP contribution in [0.2, 0.25) is 0 Å². The topological polar surface area (TPSA) is 14.2 Å². The molecule has 0 fully saturated rings. The van der Waals surface area contributed by atoms with Crippen molar-refractivity contribution in [3.8, 4) is 22.6 Å². The molecule has 2 aliphatic rings. The van der Waals surface area contributed by atoms with Crippen molar-refractivity contribution in [1.29, 1.82) is 0 Å². The number of fused-ring (bicyclic) bond motifs is 9. The summed E-state index contributed by atoms with van der Waals surface area (Å²) in [6.07, 6.45) is 7.93. The van der Waals surface area contributed by atoms with Crippen LogP contribution in [0, 0.1) is 0 Å². The zero-order valence-corrected chi connectivity index (χ0v) is 32.1. The predicted molar refractivity (Wildman–Crippen MR) is 234 cm³/mol. The lowest BCUT2D eigenvalue weighted by atomic mass is 9.66. The Morgan fingerprint density at radius 3 is 2.22 bits per heavy atom. The molecule has 11 rings (SSSR count). The van der Waals surface area contributed by atoms with Crippen LogP contribution in [-0.4, -0.2) is 11.7 Å². The van der Waals surface area contributed by atoms with Crippen LogP contribution in [0.3, 0.4) is 0 Å². The number of para-hydroxylation sites is 2. The fourth-order valence-electron chi connectivity index (χ4n) is 9.54. The summed E-state index contributed by atoms with van der Waals surface area (Å²) in [7, 11) is 1.80. The van der Waals surface area contributed by atoms with Gasteiger partial charge in [0.1, 0.15) is 5.75 Å². The molecule has 2 unspecified atom stereocenters. The third-order valence-electron chi connectivity index (χ3n) is 11.7. The first-order valence-electron chi connectivity index (χ1n) is 19.4. The first-order chi connectivity index (χ1) is 27.2.